The Bertz CT molecular complexity index is 854. The Kier molecular flexibility index (Phi) is 5.47. The van der Waals surface area contributed by atoms with Crippen LogP contribution in [0.3, 0.4) is 0 Å². The smallest absolute Gasteiger partial charge is 0.244 e. The number of rotatable bonds is 4. The zero-order valence-corrected chi connectivity index (χ0v) is 15.4. The SMILES string of the molecule is CC(NC(=O)/C=C/c1ccc(F)cc1Cl)c1ccc2c(c1)N(C)CCO2. The van der Waals surface area contributed by atoms with Crippen molar-refractivity contribution in [3.63, 3.8) is 0 Å². The Morgan fingerprint density at radius 1 is 1.35 bits per heavy atom. The molecule has 1 amide bonds. The highest BCUT2D eigenvalue weighted by Gasteiger charge is 2.17. The van der Waals surface area contributed by atoms with Crippen LogP contribution in [0.25, 0.3) is 6.08 Å². The van der Waals surface area contributed by atoms with E-state index in [9.17, 15) is 9.18 Å². The monoisotopic (exact) mass is 374 g/mol. The Labute approximate surface area is 157 Å². The number of ether oxygens (including phenoxy) is 1. The molecule has 3 rings (SSSR count). The van der Waals surface area contributed by atoms with Gasteiger partial charge in [0.2, 0.25) is 5.91 Å². The largest absolute Gasteiger partial charge is 0.490 e. The lowest BCUT2D eigenvalue weighted by Crippen LogP contribution is -2.29. The fourth-order valence-electron chi connectivity index (χ4n) is 2.78. The van der Waals surface area contributed by atoms with Gasteiger partial charge < -0.3 is 15.0 Å². The number of hydrogen-bond donors (Lipinski definition) is 1. The van der Waals surface area contributed by atoms with E-state index in [1.807, 2.05) is 32.2 Å². The van der Waals surface area contributed by atoms with E-state index in [0.29, 0.717) is 12.2 Å². The van der Waals surface area contributed by atoms with Crippen LogP contribution in [0.2, 0.25) is 5.02 Å². The number of nitrogens with one attached hydrogen (secondary N) is 1. The molecule has 1 N–H and O–H groups in total. The van der Waals surface area contributed by atoms with Crippen LogP contribution >= 0.6 is 11.6 Å². The summed E-state index contributed by atoms with van der Waals surface area (Å²) in [7, 11) is 2.02. The van der Waals surface area contributed by atoms with Crippen LogP contribution in [0, 0.1) is 5.82 Å². The molecule has 0 aliphatic carbocycles. The summed E-state index contributed by atoms with van der Waals surface area (Å²) in [5, 5.41) is 3.18. The number of amides is 1. The molecule has 4 nitrogen and oxygen atoms in total. The minimum Gasteiger partial charge on any atom is -0.490 e. The summed E-state index contributed by atoms with van der Waals surface area (Å²) >= 11 is 5.96. The van der Waals surface area contributed by atoms with Gasteiger partial charge in [-0.15, -0.1) is 0 Å². The fraction of sp³-hybridized carbons (Fsp3) is 0.250. The Hall–Kier alpha value is -2.53. The van der Waals surface area contributed by atoms with Gasteiger partial charge in [-0.1, -0.05) is 23.7 Å². The molecule has 0 aromatic heterocycles. The zero-order chi connectivity index (χ0) is 18.7. The molecule has 0 bridgehead atoms. The molecule has 2 aromatic carbocycles. The number of carbonyl (C=O) groups is 1. The molecule has 2 aromatic rings. The van der Waals surface area contributed by atoms with Gasteiger partial charge in [-0.05, 0) is 48.4 Å². The van der Waals surface area contributed by atoms with Crippen molar-refractivity contribution in [2.24, 2.45) is 0 Å². The molecule has 1 aliphatic heterocycles. The van der Waals surface area contributed by atoms with E-state index >= 15 is 0 Å². The van der Waals surface area contributed by atoms with Crippen LogP contribution in [0.5, 0.6) is 5.75 Å². The summed E-state index contributed by atoms with van der Waals surface area (Å²) in [5.41, 5.74) is 2.59. The third-order valence-corrected chi connectivity index (χ3v) is 4.64. The maximum atomic E-state index is 13.1. The molecule has 1 unspecified atom stereocenters. The second-order valence-electron chi connectivity index (χ2n) is 6.23. The fourth-order valence-corrected chi connectivity index (χ4v) is 3.01. The number of benzene rings is 2. The van der Waals surface area contributed by atoms with E-state index in [1.165, 1.54) is 24.3 Å². The maximum absolute atomic E-state index is 13.1. The van der Waals surface area contributed by atoms with Gasteiger partial charge in [0.1, 0.15) is 18.2 Å². The topological polar surface area (TPSA) is 41.6 Å². The second-order valence-corrected chi connectivity index (χ2v) is 6.63. The average molecular weight is 375 g/mol. The number of carbonyl (C=O) groups excluding carboxylic acids is 1. The van der Waals surface area contributed by atoms with Gasteiger partial charge in [-0.25, -0.2) is 4.39 Å². The number of likely N-dealkylation sites (N-methyl/N-ethyl adjacent to an activating group) is 1. The van der Waals surface area contributed by atoms with Crippen LogP contribution in [-0.4, -0.2) is 26.1 Å². The molecule has 0 saturated carbocycles. The van der Waals surface area contributed by atoms with E-state index in [1.54, 1.807) is 6.08 Å². The highest BCUT2D eigenvalue weighted by atomic mass is 35.5. The van der Waals surface area contributed by atoms with Gasteiger partial charge in [-0.3, -0.25) is 4.79 Å². The first-order chi connectivity index (χ1) is 12.4. The van der Waals surface area contributed by atoms with Gasteiger partial charge in [-0.2, -0.15) is 0 Å². The van der Waals surface area contributed by atoms with Crippen LogP contribution in [0.4, 0.5) is 10.1 Å². The molecular formula is C20H20ClFN2O2. The number of fused-ring (bicyclic) bond motifs is 1. The summed E-state index contributed by atoms with van der Waals surface area (Å²) in [6.07, 6.45) is 2.96. The molecule has 0 fully saturated rings. The third kappa shape index (κ3) is 4.17. The molecule has 136 valence electrons. The van der Waals surface area contributed by atoms with Gasteiger partial charge in [0.25, 0.3) is 0 Å². The molecule has 26 heavy (non-hydrogen) atoms. The quantitative estimate of drug-likeness (QED) is 0.815. The summed E-state index contributed by atoms with van der Waals surface area (Å²) in [6.45, 7) is 3.42. The van der Waals surface area contributed by atoms with E-state index in [2.05, 4.69) is 10.2 Å². The lowest BCUT2D eigenvalue weighted by Gasteiger charge is -2.28. The van der Waals surface area contributed by atoms with E-state index < -0.39 is 5.82 Å². The predicted octanol–water partition coefficient (Wildman–Crippen LogP) is 4.20. The van der Waals surface area contributed by atoms with E-state index in [4.69, 9.17) is 16.3 Å². The van der Waals surface area contributed by atoms with Crippen LogP contribution in [-0.2, 0) is 4.79 Å². The first-order valence-corrected chi connectivity index (χ1v) is 8.73. The van der Waals surface area contributed by atoms with Crippen molar-refractivity contribution in [1.29, 1.82) is 0 Å². The van der Waals surface area contributed by atoms with Crippen molar-refractivity contribution in [1.82, 2.24) is 5.32 Å². The standard InChI is InChI=1S/C20H20ClFN2O2/c1-13(15-4-7-19-18(11-15)24(2)9-10-26-19)23-20(25)8-5-14-3-6-16(22)12-17(14)21/h3-8,11-13H,9-10H2,1-2H3,(H,23,25)/b8-5+. The Morgan fingerprint density at radius 2 is 2.15 bits per heavy atom. The van der Waals surface area contributed by atoms with Crippen LogP contribution in [0.1, 0.15) is 24.1 Å². The first kappa shape index (κ1) is 18.3. The highest BCUT2D eigenvalue weighted by Crippen LogP contribution is 2.33. The number of nitrogens with zero attached hydrogens (tertiary/aromatic N) is 1. The van der Waals surface area contributed by atoms with Gasteiger partial charge in [0, 0.05) is 13.1 Å². The molecule has 1 heterocycles. The van der Waals surface area contributed by atoms with E-state index in [-0.39, 0.29) is 17.0 Å². The molecular weight excluding hydrogens is 355 g/mol. The Morgan fingerprint density at radius 3 is 2.92 bits per heavy atom. The lowest BCUT2D eigenvalue weighted by atomic mass is 10.1. The molecule has 0 saturated heterocycles. The Balaban J connectivity index is 1.67. The first-order valence-electron chi connectivity index (χ1n) is 8.35. The number of anilines is 1. The third-order valence-electron chi connectivity index (χ3n) is 4.31. The minimum atomic E-state index is -0.411. The highest BCUT2D eigenvalue weighted by molar-refractivity contribution is 6.32. The van der Waals surface area contributed by atoms with Crippen molar-refractivity contribution in [3.8, 4) is 5.75 Å². The predicted molar refractivity (Wildman–Crippen MR) is 102 cm³/mol. The summed E-state index contributed by atoms with van der Waals surface area (Å²) in [6, 6.07) is 9.78. The van der Waals surface area contributed by atoms with Crippen molar-refractivity contribution in [3.05, 3.63) is 64.4 Å². The van der Waals surface area contributed by atoms with Crippen molar-refractivity contribution in [2.45, 2.75) is 13.0 Å². The summed E-state index contributed by atoms with van der Waals surface area (Å²) in [5.74, 6) is 0.193. The van der Waals surface area contributed by atoms with Gasteiger partial charge in [0.15, 0.2) is 0 Å². The van der Waals surface area contributed by atoms with Crippen molar-refractivity contribution >= 4 is 29.3 Å². The normalized spacial score (nSPS) is 14.7. The van der Waals surface area contributed by atoms with Gasteiger partial charge >= 0.3 is 0 Å². The number of hydrogen-bond acceptors (Lipinski definition) is 3. The molecule has 1 aliphatic rings. The lowest BCUT2D eigenvalue weighted by molar-refractivity contribution is -0.117. The average Bonchev–Trinajstić information content (AvgIpc) is 2.61. The summed E-state index contributed by atoms with van der Waals surface area (Å²) < 4.78 is 18.7. The zero-order valence-electron chi connectivity index (χ0n) is 14.6. The number of halogens is 2. The van der Waals surface area contributed by atoms with Gasteiger partial charge in [0.05, 0.1) is 23.3 Å². The van der Waals surface area contributed by atoms with Crippen LogP contribution in [0.15, 0.2) is 42.5 Å². The minimum absolute atomic E-state index is 0.170. The molecule has 1 atom stereocenters. The maximum Gasteiger partial charge on any atom is 0.244 e. The summed E-state index contributed by atoms with van der Waals surface area (Å²) in [4.78, 5) is 14.3. The van der Waals surface area contributed by atoms with Crippen molar-refractivity contribution < 1.29 is 13.9 Å². The van der Waals surface area contributed by atoms with Crippen molar-refractivity contribution in [2.75, 3.05) is 25.1 Å². The molecule has 0 spiro atoms. The second kappa shape index (κ2) is 7.79. The van der Waals surface area contributed by atoms with E-state index in [0.717, 1.165) is 23.5 Å². The molecule has 0 radical (unpaired) electrons. The molecule has 6 heteroatoms. The van der Waals surface area contributed by atoms with Crippen LogP contribution < -0.4 is 15.0 Å².